The van der Waals surface area contributed by atoms with Gasteiger partial charge in [0.05, 0.1) is 0 Å². The van der Waals surface area contributed by atoms with Gasteiger partial charge in [-0.15, -0.1) is 0 Å². The second-order valence-electron chi connectivity index (χ2n) is 6.46. The summed E-state index contributed by atoms with van der Waals surface area (Å²) in [6, 6.07) is 14.8. The van der Waals surface area contributed by atoms with Crippen LogP contribution in [0.2, 0.25) is 0 Å². The molecule has 2 aromatic carbocycles. The second kappa shape index (κ2) is 8.53. The van der Waals surface area contributed by atoms with Crippen LogP contribution in [0.4, 0.5) is 4.79 Å². The Balaban J connectivity index is 1.67. The molecule has 1 unspecified atom stereocenters. The number of carboxylic acids is 1. The number of hydrogen-bond acceptors (Lipinski definition) is 5. The number of nitrogens with one attached hydrogen (secondary N) is 2. The van der Waals surface area contributed by atoms with E-state index in [1.54, 1.807) is 0 Å². The summed E-state index contributed by atoms with van der Waals surface area (Å²) in [5, 5.41) is 11.2. The summed E-state index contributed by atoms with van der Waals surface area (Å²) >= 11 is 0. The van der Waals surface area contributed by atoms with Gasteiger partial charge in [-0.2, -0.15) is 0 Å². The van der Waals surface area contributed by atoms with Crippen LogP contribution in [0.1, 0.15) is 29.9 Å². The number of carbonyl (C=O) groups is 3. The number of aliphatic carboxylic acids is 1. The number of rotatable bonds is 7. The topological polar surface area (TPSA) is 131 Å². The van der Waals surface area contributed by atoms with E-state index in [0.717, 1.165) is 22.3 Å². The molecule has 3 rings (SSSR count). The minimum absolute atomic E-state index is 0.0930. The first-order valence-corrected chi connectivity index (χ1v) is 8.85. The Kier molecular flexibility index (Phi) is 5.90. The van der Waals surface area contributed by atoms with Crippen LogP contribution in [0.25, 0.3) is 11.1 Å². The summed E-state index contributed by atoms with van der Waals surface area (Å²) in [5.41, 5.74) is 6.26. The van der Waals surface area contributed by atoms with Crippen molar-refractivity contribution in [3.63, 3.8) is 0 Å². The zero-order valence-electron chi connectivity index (χ0n) is 15.1. The van der Waals surface area contributed by atoms with E-state index < -0.39 is 24.0 Å². The Morgan fingerprint density at radius 1 is 1.04 bits per heavy atom. The van der Waals surface area contributed by atoms with Gasteiger partial charge >= 0.3 is 12.1 Å². The fourth-order valence-corrected chi connectivity index (χ4v) is 3.42. The molecule has 0 radical (unpaired) electrons. The van der Waals surface area contributed by atoms with Crippen LogP contribution in [0.3, 0.4) is 0 Å². The van der Waals surface area contributed by atoms with Crippen molar-refractivity contribution in [1.82, 2.24) is 10.7 Å². The molecule has 0 saturated heterocycles. The van der Waals surface area contributed by atoms with Crippen molar-refractivity contribution in [3.8, 4) is 11.1 Å². The van der Waals surface area contributed by atoms with E-state index in [1.165, 1.54) is 0 Å². The Morgan fingerprint density at radius 2 is 1.61 bits per heavy atom. The minimum atomic E-state index is -1.09. The quantitative estimate of drug-likeness (QED) is 0.327. The molecule has 8 nitrogen and oxygen atoms in total. The molecule has 0 aliphatic heterocycles. The molecule has 1 aliphatic rings. The number of hydrazine groups is 1. The molecule has 2 amide bonds. The summed E-state index contributed by atoms with van der Waals surface area (Å²) in [7, 11) is 0. The van der Waals surface area contributed by atoms with Crippen molar-refractivity contribution in [3.05, 3.63) is 59.7 Å². The maximum Gasteiger partial charge on any atom is 0.407 e. The molecular weight excluding hydrogens is 362 g/mol. The average Bonchev–Trinajstić information content (AvgIpc) is 3.02. The van der Waals surface area contributed by atoms with Crippen molar-refractivity contribution in [2.75, 3.05) is 6.61 Å². The molecule has 2 aromatic rings. The highest BCUT2D eigenvalue weighted by Crippen LogP contribution is 2.44. The number of carboxylic acid groups (broad SMARTS) is 1. The van der Waals surface area contributed by atoms with E-state index in [1.807, 2.05) is 54.0 Å². The number of alkyl carbamates (subject to hydrolysis) is 1. The van der Waals surface area contributed by atoms with E-state index in [-0.39, 0.29) is 25.4 Å². The molecule has 5 N–H and O–H groups in total. The molecular formula is C20H21N3O5. The highest BCUT2D eigenvalue weighted by atomic mass is 16.5. The van der Waals surface area contributed by atoms with E-state index in [9.17, 15) is 14.4 Å². The SMILES string of the molecule is NNC(=O)C(CCC(=O)O)NC(=O)OCC1c2ccccc2-c2ccccc21. The third-order valence-corrected chi connectivity index (χ3v) is 4.74. The normalized spacial score (nSPS) is 13.2. The van der Waals surface area contributed by atoms with Gasteiger partial charge in [0.25, 0.3) is 5.91 Å². The predicted molar refractivity (Wildman–Crippen MR) is 101 cm³/mol. The molecule has 1 atom stereocenters. The Bertz CT molecular complexity index is 853. The molecule has 0 aromatic heterocycles. The smallest absolute Gasteiger partial charge is 0.407 e. The van der Waals surface area contributed by atoms with Crippen LogP contribution in [0, 0.1) is 0 Å². The van der Waals surface area contributed by atoms with Gasteiger partial charge in [-0.1, -0.05) is 48.5 Å². The maximum atomic E-state index is 12.2. The number of hydrogen-bond donors (Lipinski definition) is 4. The third kappa shape index (κ3) is 4.12. The Labute approximate surface area is 161 Å². The van der Waals surface area contributed by atoms with Gasteiger partial charge in [-0.05, 0) is 28.7 Å². The van der Waals surface area contributed by atoms with Gasteiger partial charge in [0.15, 0.2) is 0 Å². The van der Waals surface area contributed by atoms with Crippen molar-refractivity contribution in [1.29, 1.82) is 0 Å². The monoisotopic (exact) mass is 383 g/mol. The largest absolute Gasteiger partial charge is 0.481 e. The molecule has 1 aliphatic carbocycles. The van der Waals surface area contributed by atoms with Crippen molar-refractivity contribution >= 4 is 18.0 Å². The number of ether oxygens (including phenoxy) is 1. The first kappa shape index (κ1) is 19.4. The van der Waals surface area contributed by atoms with Crippen LogP contribution < -0.4 is 16.6 Å². The summed E-state index contributed by atoms with van der Waals surface area (Å²) in [5.74, 6) is 3.22. The van der Waals surface area contributed by atoms with E-state index in [0.29, 0.717) is 0 Å². The van der Waals surface area contributed by atoms with Gasteiger partial charge in [-0.3, -0.25) is 15.0 Å². The number of fused-ring (bicyclic) bond motifs is 3. The lowest BCUT2D eigenvalue weighted by Crippen LogP contribution is -2.49. The lowest BCUT2D eigenvalue weighted by Gasteiger charge is -2.18. The molecule has 0 fully saturated rings. The van der Waals surface area contributed by atoms with E-state index >= 15 is 0 Å². The molecule has 28 heavy (non-hydrogen) atoms. The van der Waals surface area contributed by atoms with Gasteiger partial charge in [0.2, 0.25) is 0 Å². The minimum Gasteiger partial charge on any atom is -0.481 e. The number of nitrogens with two attached hydrogens (primary N) is 1. The van der Waals surface area contributed by atoms with Crippen molar-refractivity contribution in [2.45, 2.75) is 24.8 Å². The number of benzene rings is 2. The third-order valence-electron chi connectivity index (χ3n) is 4.74. The molecule has 146 valence electrons. The molecule has 0 saturated carbocycles. The number of amides is 2. The van der Waals surface area contributed by atoms with Crippen molar-refractivity contribution in [2.24, 2.45) is 5.84 Å². The highest BCUT2D eigenvalue weighted by molar-refractivity contribution is 5.85. The van der Waals surface area contributed by atoms with Crippen LogP contribution >= 0.6 is 0 Å². The van der Waals surface area contributed by atoms with Gasteiger partial charge in [-0.25, -0.2) is 10.6 Å². The van der Waals surface area contributed by atoms with Crippen LogP contribution in [0.15, 0.2) is 48.5 Å². The first-order chi connectivity index (χ1) is 13.5. The molecule has 0 spiro atoms. The predicted octanol–water partition coefficient (Wildman–Crippen LogP) is 1.75. The Morgan fingerprint density at radius 3 is 2.14 bits per heavy atom. The summed E-state index contributed by atoms with van der Waals surface area (Å²) in [4.78, 5) is 34.7. The van der Waals surface area contributed by atoms with E-state index in [4.69, 9.17) is 15.7 Å². The van der Waals surface area contributed by atoms with E-state index in [2.05, 4.69) is 5.32 Å². The number of carbonyl (C=O) groups excluding carboxylic acids is 2. The summed E-state index contributed by atoms with van der Waals surface area (Å²) < 4.78 is 5.35. The zero-order valence-corrected chi connectivity index (χ0v) is 15.1. The van der Waals surface area contributed by atoms with Gasteiger partial charge in [0, 0.05) is 12.3 Å². The fourth-order valence-electron chi connectivity index (χ4n) is 3.42. The van der Waals surface area contributed by atoms with Gasteiger partial charge in [0.1, 0.15) is 12.6 Å². The van der Waals surface area contributed by atoms with Crippen LogP contribution in [0.5, 0.6) is 0 Å². The Hall–Kier alpha value is -3.39. The fraction of sp³-hybridized carbons (Fsp3) is 0.250. The first-order valence-electron chi connectivity index (χ1n) is 8.85. The summed E-state index contributed by atoms with van der Waals surface area (Å²) in [6.07, 6.45) is -1.19. The van der Waals surface area contributed by atoms with Crippen LogP contribution in [-0.2, 0) is 14.3 Å². The summed E-state index contributed by atoms with van der Waals surface area (Å²) in [6.45, 7) is 0.0930. The van der Waals surface area contributed by atoms with Gasteiger partial charge < -0.3 is 15.2 Å². The molecule has 0 bridgehead atoms. The highest BCUT2D eigenvalue weighted by Gasteiger charge is 2.29. The second-order valence-corrected chi connectivity index (χ2v) is 6.46. The lowest BCUT2D eigenvalue weighted by molar-refractivity contribution is -0.137. The maximum absolute atomic E-state index is 12.2. The van der Waals surface area contributed by atoms with Crippen molar-refractivity contribution < 1.29 is 24.2 Å². The molecule has 0 heterocycles. The van der Waals surface area contributed by atoms with Crippen LogP contribution in [-0.4, -0.2) is 35.7 Å². The lowest BCUT2D eigenvalue weighted by atomic mass is 9.98. The molecule has 8 heteroatoms. The average molecular weight is 383 g/mol. The zero-order chi connectivity index (χ0) is 20.1. The standard InChI is InChI=1S/C20H21N3O5/c21-23-19(26)17(9-10-18(24)25)22-20(27)28-11-16-14-7-3-1-5-12(14)13-6-2-4-8-15(13)16/h1-8,16-17H,9-11,21H2,(H,22,27)(H,23,26)(H,24,25).